The lowest BCUT2D eigenvalue weighted by atomic mass is 9.99. The number of aromatic nitrogens is 3. The highest BCUT2D eigenvalue weighted by molar-refractivity contribution is 7.90. The summed E-state index contributed by atoms with van der Waals surface area (Å²) in [5.74, 6) is -4.44. The van der Waals surface area contributed by atoms with E-state index in [1.54, 1.807) is 25.2 Å². The molecule has 0 radical (unpaired) electrons. The monoisotopic (exact) mass is 1140 g/mol. The second-order valence-corrected chi connectivity index (χ2v) is 24.4. The number of sulfone groups is 1. The zero-order valence-electron chi connectivity index (χ0n) is 44.2. The van der Waals surface area contributed by atoms with Crippen molar-refractivity contribution in [3.05, 3.63) is 99.6 Å². The lowest BCUT2D eigenvalue weighted by Gasteiger charge is -2.39. The van der Waals surface area contributed by atoms with Gasteiger partial charge in [0.2, 0.25) is 35.4 Å². The van der Waals surface area contributed by atoms with E-state index in [-0.39, 0.29) is 110 Å². The van der Waals surface area contributed by atoms with Gasteiger partial charge in [-0.2, -0.15) is 0 Å². The maximum Gasteiger partial charge on any atom is 0.396 e. The van der Waals surface area contributed by atoms with Crippen LogP contribution >= 0.6 is 7.60 Å². The van der Waals surface area contributed by atoms with Gasteiger partial charge in [-0.05, 0) is 117 Å². The maximum absolute atomic E-state index is 14.9. The molecule has 3 saturated heterocycles. The fourth-order valence-electron chi connectivity index (χ4n) is 10.9. The van der Waals surface area contributed by atoms with Gasteiger partial charge in [-0.15, -0.1) is 0 Å². The third-order valence-electron chi connectivity index (χ3n) is 15.2. The summed E-state index contributed by atoms with van der Waals surface area (Å²) in [6.07, 6.45) is 5.47. The lowest BCUT2D eigenvalue weighted by molar-refractivity contribution is -0.145. The molecule has 426 valence electrons. The number of rotatable bonds is 22. The van der Waals surface area contributed by atoms with Crippen molar-refractivity contribution in [3.63, 3.8) is 0 Å². The van der Waals surface area contributed by atoms with Crippen LogP contribution in [-0.4, -0.2) is 138 Å². The van der Waals surface area contributed by atoms with Gasteiger partial charge in [0, 0.05) is 74.6 Å². The fraction of sp³-hybridized carbons (Fsp3) is 0.444. The first-order valence-electron chi connectivity index (χ1n) is 26.5. The standard InChI is InChI=1S/C54H64N9O15PS/c1-60-44-27-32(11-19-41(44)63(54(60)73)43-21-24-47(66)59-51(43)70)7-5-3-4-6-8-48(67)61-26-25-35-14-20-42(50(69)57-38(18-23-46(55)65)45(64)22-12-31-9-15-36(16-10-31)80(2,77)78)62(35)52(71)40(30-61)58-49(68)39-29-34-28-33(13-17-37(34)56-39)53(72)79(74,75)76/h9-11,13,15-17,19,27-29,35,38,40,42-43,56H,3-8,12,14,18,20-26,30H2,1-2H3,(H2,55,65)(H,57,69)(H,58,68)(H,59,66,70)(H2,74,75,76)/t35-,38?,40+,42+,43?/m1/s1. The molecule has 8 rings (SSSR count). The van der Waals surface area contributed by atoms with Crippen molar-refractivity contribution in [1.82, 2.24) is 39.9 Å². The first-order valence-corrected chi connectivity index (χ1v) is 30.0. The molecule has 3 fully saturated rings. The number of unbranched alkanes of at least 4 members (excludes halogenated alkanes) is 3. The molecular weight excluding hydrogens is 1080 g/mol. The van der Waals surface area contributed by atoms with E-state index in [9.17, 15) is 70.7 Å². The number of primary amides is 1. The Bertz CT molecular complexity index is 3530. The van der Waals surface area contributed by atoms with Crippen molar-refractivity contribution in [2.45, 2.75) is 131 Å². The number of carbonyl (C=O) groups excluding carboxylic acids is 9. The number of imidazole rings is 1. The largest absolute Gasteiger partial charge is 0.396 e. The summed E-state index contributed by atoms with van der Waals surface area (Å²) in [5, 5.41) is 8.06. The Morgan fingerprint density at radius 3 is 2.25 bits per heavy atom. The van der Waals surface area contributed by atoms with Crippen LogP contribution in [0.25, 0.3) is 21.9 Å². The number of Topliss-reactive ketones (excluding diaryl/α,β-unsaturated/α-hetero) is 1. The number of ketones is 1. The number of hydrogen-bond acceptors (Lipinski definition) is 13. The molecule has 80 heavy (non-hydrogen) atoms. The summed E-state index contributed by atoms with van der Waals surface area (Å²) in [4.78, 5) is 158. The van der Waals surface area contributed by atoms with Gasteiger partial charge >= 0.3 is 13.3 Å². The predicted octanol–water partition coefficient (Wildman–Crippen LogP) is 2.36. The van der Waals surface area contributed by atoms with Crippen molar-refractivity contribution in [3.8, 4) is 0 Å². The number of carbonyl (C=O) groups is 9. The molecule has 24 nitrogen and oxygen atoms in total. The van der Waals surface area contributed by atoms with Crippen LogP contribution in [0, 0.1) is 0 Å². The number of aryl methyl sites for hydroxylation is 3. The Labute approximate surface area is 459 Å². The number of imide groups is 1. The molecule has 0 bridgehead atoms. The Kier molecular flexibility index (Phi) is 17.9. The van der Waals surface area contributed by atoms with E-state index in [0.717, 1.165) is 24.7 Å². The summed E-state index contributed by atoms with van der Waals surface area (Å²) in [5.41, 5.74) is 6.49. The minimum atomic E-state index is -5.13. The SMILES string of the molecule is Cn1c(=O)n(C2CCC(=O)NC2=O)c2ccc(CCCCCCC(=O)N3CC[C@H]4CC[C@@H](C(=O)NC(CCC(N)=O)C(=O)CCc5ccc(S(C)(=O)=O)cc5)N4C(=O)[C@@H](NC(=O)c4cc5cc(C(=O)P(=O)(O)O)ccc5[nH]4)C3)cc21. The number of hydrogen-bond donors (Lipinski definition) is 7. The number of amides is 7. The van der Waals surface area contributed by atoms with E-state index >= 15 is 0 Å². The second-order valence-electron chi connectivity index (χ2n) is 20.8. The number of nitrogens with zero attached hydrogens (tertiary/aromatic N) is 4. The minimum absolute atomic E-state index is 0.0852. The highest BCUT2D eigenvalue weighted by atomic mass is 32.2. The van der Waals surface area contributed by atoms with E-state index in [1.165, 1.54) is 55.3 Å². The molecule has 5 heterocycles. The van der Waals surface area contributed by atoms with Crippen LogP contribution in [0.4, 0.5) is 0 Å². The first-order chi connectivity index (χ1) is 37.9. The average Bonchev–Trinajstić information content (AvgIpc) is 4.13. The minimum Gasteiger partial charge on any atom is -0.370 e. The van der Waals surface area contributed by atoms with Crippen LogP contribution in [0.15, 0.2) is 76.4 Å². The first kappa shape index (κ1) is 58.5. The number of fused-ring (bicyclic) bond motifs is 3. The summed E-state index contributed by atoms with van der Waals surface area (Å²) in [6.45, 7) is -0.110. The van der Waals surface area contributed by atoms with Gasteiger partial charge in [-0.1, -0.05) is 31.0 Å². The molecular formula is C54H64N9O15PS. The molecule has 3 aliphatic rings. The van der Waals surface area contributed by atoms with Gasteiger partial charge in [-0.3, -0.25) is 62.2 Å². The van der Waals surface area contributed by atoms with Crippen LogP contribution in [0.3, 0.4) is 0 Å². The number of nitrogens with two attached hydrogens (primary N) is 1. The van der Waals surface area contributed by atoms with E-state index in [1.807, 2.05) is 12.1 Å². The van der Waals surface area contributed by atoms with Gasteiger partial charge < -0.3 is 40.9 Å². The van der Waals surface area contributed by atoms with Crippen molar-refractivity contribution in [2.24, 2.45) is 12.8 Å². The summed E-state index contributed by atoms with van der Waals surface area (Å²) < 4.78 is 38.5. The van der Waals surface area contributed by atoms with Crippen LogP contribution in [-0.2, 0) is 67.9 Å². The van der Waals surface area contributed by atoms with Crippen molar-refractivity contribution < 1.29 is 65.9 Å². The number of aromatic amines is 1. The Morgan fingerprint density at radius 1 is 0.825 bits per heavy atom. The molecule has 5 atom stereocenters. The molecule has 2 unspecified atom stereocenters. The van der Waals surface area contributed by atoms with Gasteiger partial charge in [0.15, 0.2) is 15.6 Å². The quantitative estimate of drug-likeness (QED) is 0.0297. The van der Waals surface area contributed by atoms with E-state index in [2.05, 4.69) is 20.9 Å². The van der Waals surface area contributed by atoms with Crippen molar-refractivity contribution >= 4 is 92.0 Å². The fourth-order valence-corrected chi connectivity index (χ4v) is 12.0. The van der Waals surface area contributed by atoms with Crippen LogP contribution < -0.4 is 27.4 Å². The van der Waals surface area contributed by atoms with E-state index < -0.39 is 88.5 Å². The summed E-state index contributed by atoms with van der Waals surface area (Å²) >= 11 is 0. The second kappa shape index (κ2) is 24.4. The number of H-pyrrole nitrogens is 1. The van der Waals surface area contributed by atoms with Crippen LogP contribution in [0.5, 0.6) is 0 Å². The average molecular weight is 1140 g/mol. The molecule has 2 aromatic heterocycles. The molecule has 26 heteroatoms. The van der Waals surface area contributed by atoms with Gasteiger partial charge in [0.1, 0.15) is 23.8 Å². The van der Waals surface area contributed by atoms with E-state index in [0.29, 0.717) is 47.8 Å². The molecule has 3 aromatic carbocycles. The highest BCUT2D eigenvalue weighted by Crippen LogP contribution is 2.39. The van der Waals surface area contributed by atoms with Crippen LogP contribution in [0.2, 0.25) is 0 Å². The van der Waals surface area contributed by atoms with Gasteiger partial charge in [0.25, 0.3) is 11.4 Å². The summed E-state index contributed by atoms with van der Waals surface area (Å²) in [7, 11) is -6.95. The highest BCUT2D eigenvalue weighted by Gasteiger charge is 2.46. The zero-order chi connectivity index (χ0) is 57.8. The molecule has 5 aromatic rings. The van der Waals surface area contributed by atoms with E-state index in [4.69, 9.17) is 5.73 Å². The smallest absolute Gasteiger partial charge is 0.370 e. The third-order valence-corrected chi connectivity index (χ3v) is 17.1. The van der Waals surface area contributed by atoms with Gasteiger partial charge in [-0.25, -0.2) is 13.2 Å². The Hall–Kier alpha value is -7.60. The molecule has 0 spiro atoms. The zero-order valence-corrected chi connectivity index (χ0v) is 45.9. The predicted molar refractivity (Wildman–Crippen MR) is 289 cm³/mol. The number of piperidine rings is 1. The molecule has 0 aliphatic carbocycles. The summed E-state index contributed by atoms with van der Waals surface area (Å²) in [6, 6.07) is 11.7. The Balaban J connectivity index is 0.938. The van der Waals surface area contributed by atoms with Crippen molar-refractivity contribution in [2.75, 3.05) is 19.3 Å². The number of benzene rings is 3. The Morgan fingerprint density at radius 2 is 1.55 bits per heavy atom. The van der Waals surface area contributed by atoms with Gasteiger partial charge in [0.05, 0.1) is 22.0 Å². The molecule has 7 amide bonds. The number of nitrogens with one attached hydrogen (secondary N) is 4. The van der Waals surface area contributed by atoms with Crippen molar-refractivity contribution in [1.29, 1.82) is 0 Å². The molecule has 8 N–H and O–H groups in total. The topological polar surface area (TPSA) is 357 Å². The normalized spacial score (nSPS) is 19.3. The third kappa shape index (κ3) is 13.5. The molecule has 3 aliphatic heterocycles. The lowest BCUT2D eigenvalue weighted by Crippen LogP contribution is -2.61. The molecule has 0 saturated carbocycles. The maximum atomic E-state index is 14.9. The van der Waals surface area contributed by atoms with Crippen LogP contribution in [0.1, 0.15) is 121 Å².